The molecule has 5 heteroatoms. The first-order valence-electron chi connectivity index (χ1n) is 6.53. The van der Waals surface area contributed by atoms with Gasteiger partial charge in [-0.05, 0) is 54.2 Å². The molecule has 0 aliphatic carbocycles. The summed E-state index contributed by atoms with van der Waals surface area (Å²) < 4.78 is 14.4. The maximum atomic E-state index is 14.0. The van der Waals surface area contributed by atoms with Crippen LogP contribution in [-0.4, -0.2) is 29.4 Å². The van der Waals surface area contributed by atoms with E-state index in [2.05, 4.69) is 15.9 Å². The normalized spacial score (nSPS) is 23.5. The van der Waals surface area contributed by atoms with Crippen molar-refractivity contribution in [3.05, 3.63) is 34.1 Å². The lowest BCUT2D eigenvalue weighted by Crippen LogP contribution is -2.52. The second-order valence-electron chi connectivity index (χ2n) is 4.98. The number of piperidine rings is 1. The number of hydrogen-bond acceptors (Lipinski definition) is 2. The number of halogens is 2. The summed E-state index contributed by atoms with van der Waals surface area (Å²) in [6.07, 6.45) is 2.90. The van der Waals surface area contributed by atoms with Crippen molar-refractivity contribution in [2.75, 3.05) is 6.54 Å². The number of carbonyl (C=O) groups excluding carboxylic acids is 1. The van der Waals surface area contributed by atoms with E-state index < -0.39 is 5.82 Å². The van der Waals surface area contributed by atoms with Crippen LogP contribution in [0.5, 0.6) is 0 Å². The summed E-state index contributed by atoms with van der Waals surface area (Å²) in [5.74, 6) is -0.762. The van der Waals surface area contributed by atoms with Gasteiger partial charge >= 0.3 is 0 Å². The van der Waals surface area contributed by atoms with E-state index in [1.165, 1.54) is 6.07 Å². The molecule has 1 aromatic rings. The third kappa shape index (κ3) is 2.82. The maximum absolute atomic E-state index is 14.0. The van der Waals surface area contributed by atoms with E-state index >= 15 is 0 Å². The van der Waals surface area contributed by atoms with Crippen LogP contribution >= 0.6 is 15.9 Å². The van der Waals surface area contributed by atoms with Gasteiger partial charge in [0, 0.05) is 18.6 Å². The molecule has 1 fully saturated rings. The zero-order valence-corrected chi connectivity index (χ0v) is 12.5. The standard InChI is InChI=1S/C14H18BrFN2O/c1-9-4-2-5-10(8-17)18(9)14(19)11-6-3-7-12(15)13(11)16/h3,6-7,9-10H,2,4-5,8,17H2,1H3. The molecule has 3 nitrogen and oxygen atoms in total. The third-order valence-electron chi connectivity index (χ3n) is 3.72. The van der Waals surface area contributed by atoms with Crippen molar-refractivity contribution in [1.29, 1.82) is 0 Å². The lowest BCUT2D eigenvalue weighted by molar-refractivity contribution is 0.0489. The summed E-state index contributed by atoms with van der Waals surface area (Å²) in [5, 5.41) is 0. The van der Waals surface area contributed by atoms with E-state index in [-0.39, 0.29) is 23.6 Å². The van der Waals surface area contributed by atoms with Gasteiger partial charge in [0.2, 0.25) is 0 Å². The first-order valence-corrected chi connectivity index (χ1v) is 7.32. The van der Waals surface area contributed by atoms with Gasteiger partial charge < -0.3 is 10.6 Å². The van der Waals surface area contributed by atoms with Crippen LogP contribution in [0.3, 0.4) is 0 Å². The SMILES string of the molecule is CC1CCCC(CN)N1C(=O)c1cccc(Br)c1F. The van der Waals surface area contributed by atoms with Gasteiger partial charge in [0.05, 0.1) is 10.0 Å². The molecule has 1 heterocycles. The van der Waals surface area contributed by atoms with Gasteiger partial charge in [-0.2, -0.15) is 0 Å². The fourth-order valence-electron chi connectivity index (χ4n) is 2.69. The van der Waals surface area contributed by atoms with Crippen LogP contribution in [-0.2, 0) is 0 Å². The van der Waals surface area contributed by atoms with Crippen LogP contribution < -0.4 is 5.73 Å². The molecule has 0 radical (unpaired) electrons. The summed E-state index contributed by atoms with van der Waals surface area (Å²) in [6, 6.07) is 4.90. The van der Waals surface area contributed by atoms with E-state index in [9.17, 15) is 9.18 Å². The van der Waals surface area contributed by atoms with E-state index in [1.807, 2.05) is 6.92 Å². The molecular formula is C14H18BrFN2O. The molecule has 1 aliphatic heterocycles. The Kier molecular flexibility index (Phi) is 4.58. The van der Waals surface area contributed by atoms with Crippen LogP contribution in [0.2, 0.25) is 0 Å². The number of likely N-dealkylation sites (tertiary alicyclic amines) is 1. The Morgan fingerprint density at radius 3 is 2.95 bits per heavy atom. The number of carbonyl (C=O) groups is 1. The van der Waals surface area contributed by atoms with Gasteiger partial charge in [0.15, 0.2) is 0 Å². The Labute approximate surface area is 121 Å². The van der Waals surface area contributed by atoms with Crippen LogP contribution in [0.25, 0.3) is 0 Å². The predicted molar refractivity (Wildman–Crippen MR) is 76.4 cm³/mol. The fraction of sp³-hybridized carbons (Fsp3) is 0.500. The van der Waals surface area contributed by atoms with Gasteiger partial charge in [-0.15, -0.1) is 0 Å². The molecular weight excluding hydrogens is 311 g/mol. The Hall–Kier alpha value is -0.940. The molecule has 0 spiro atoms. The molecule has 0 saturated carbocycles. The average molecular weight is 329 g/mol. The Balaban J connectivity index is 2.33. The van der Waals surface area contributed by atoms with Gasteiger partial charge in [-0.25, -0.2) is 4.39 Å². The first-order chi connectivity index (χ1) is 9.06. The number of rotatable bonds is 2. The van der Waals surface area contributed by atoms with E-state index in [4.69, 9.17) is 5.73 Å². The third-order valence-corrected chi connectivity index (χ3v) is 4.33. The molecule has 2 unspecified atom stereocenters. The minimum Gasteiger partial charge on any atom is -0.332 e. The molecule has 19 heavy (non-hydrogen) atoms. The van der Waals surface area contributed by atoms with Crippen molar-refractivity contribution in [1.82, 2.24) is 4.90 Å². The zero-order chi connectivity index (χ0) is 14.0. The number of nitrogens with zero attached hydrogens (tertiary/aromatic N) is 1. The molecule has 1 aliphatic rings. The zero-order valence-electron chi connectivity index (χ0n) is 10.9. The maximum Gasteiger partial charge on any atom is 0.257 e. The van der Waals surface area contributed by atoms with Gasteiger partial charge in [-0.1, -0.05) is 6.07 Å². The quantitative estimate of drug-likeness (QED) is 0.907. The van der Waals surface area contributed by atoms with E-state index in [1.54, 1.807) is 17.0 Å². The Morgan fingerprint density at radius 1 is 1.53 bits per heavy atom. The smallest absolute Gasteiger partial charge is 0.257 e. The molecule has 1 saturated heterocycles. The van der Waals surface area contributed by atoms with Crippen molar-refractivity contribution < 1.29 is 9.18 Å². The monoisotopic (exact) mass is 328 g/mol. The van der Waals surface area contributed by atoms with Crippen LogP contribution in [0, 0.1) is 5.82 Å². The van der Waals surface area contributed by atoms with Crippen LogP contribution in [0.4, 0.5) is 4.39 Å². The van der Waals surface area contributed by atoms with Gasteiger partial charge in [0.25, 0.3) is 5.91 Å². The minimum atomic E-state index is -0.499. The molecule has 0 bridgehead atoms. The van der Waals surface area contributed by atoms with E-state index in [0.717, 1.165) is 19.3 Å². The number of benzene rings is 1. The highest BCUT2D eigenvalue weighted by Gasteiger charge is 2.32. The van der Waals surface area contributed by atoms with Crippen molar-refractivity contribution in [2.24, 2.45) is 5.73 Å². The molecule has 1 aromatic carbocycles. The largest absolute Gasteiger partial charge is 0.332 e. The summed E-state index contributed by atoms with van der Waals surface area (Å²) >= 11 is 3.12. The minimum absolute atomic E-state index is 0.00892. The van der Waals surface area contributed by atoms with Crippen LogP contribution in [0.15, 0.2) is 22.7 Å². The highest BCUT2D eigenvalue weighted by atomic mass is 79.9. The van der Waals surface area contributed by atoms with Crippen LogP contribution in [0.1, 0.15) is 36.5 Å². The molecule has 2 atom stereocenters. The lowest BCUT2D eigenvalue weighted by atomic mass is 9.95. The summed E-state index contributed by atoms with van der Waals surface area (Å²) in [5.41, 5.74) is 5.86. The molecule has 1 amide bonds. The lowest BCUT2D eigenvalue weighted by Gasteiger charge is -2.40. The summed E-state index contributed by atoms with van der Waals surface area (Å²) in [4.78, 5) is 14.3. The number of amides is 1. The number of hydrogen-bond donors (Lipinski definition) is 1. The highest BCUT2D eigenvalue weighted by Crippen LogP contribution is 2.27. The molecule has 0 aromatic heterocycles. The summed E-state index contributed by atoms with van der Waals surface area (Å²) in [7, 11) is 0. The van der Waals surface area contributed by atoms with Gasteiger partial charge in [0.1, 0.15) is 5.82 Å². The van der Waals surface area contributed by atoms with Crippen molar-refractivity contribution in [3.63, 3.8) is 0 Å². The first kappa shape index (κ1) is 14.5. The molecule has 104 valence electrons. The highest BCUT2D eigenvalue weighted by molar-refractivity contribution is 9.10. The van der Waals surface area contributed by atoms with Gasteiger partial charge in [-0.3, -0.25) is 4.79 Å². The molecule has 2 N–H and O–H groups in total. The average Bonchev–Trinajstić information content (AvgIpc) is 2.40. The number of nitrogens with two attached hydrogens (primary N) is 1. The Bertz CT molecular complexity index is 481. The molecule has 2 rings (SSSR count). The van der Waals surface area contributed by atoms with Crippen molar-refractivity contribution in [3.8, 4) is 0 Å². The summed E-state index contributed by atoms with van der Waals surface area (Å²) in [6.45, 7) is 2.42. The van der Waals surface area contributed by atoms with Crippen molar-refractivity contribution in [2.45, 2.75) is 38.3 Å². The van der Waals surface area contributed by atoms with E-state index in [0.29, 0.717) is 11.0 Å². The topological polar surface area (TPSA) is 46.3 Å². The second-order valence-corrected chi connectivity index (χ2v) is 5.84. The predicted octanol–water partition coefficient (Wildman–Crippen LogP) is 2.93. The second kappa shape index (κ2) is 6.01. The Morgan fingerprint density at radius 2 is 2.26 bits per heavy atom. The van der Waals surface area contributed by atoms with Crippen molar-refractivity contribution >= 4 is 21.8 Å². The fourth-order valence-corrected chi connectivity index (χ4v) is 3.06.